The predicted octanol–water partition coefficient (Wildman–Crippen LogP) is 4.16. The normalized spacial score (nSPS) is 18.2. The summed E-state index contributed by atoms with van der Waals surface area (Å²) in [7, 11) is -2.40. The molecule has 53 heavy (non-hydrogen) atoms. The highest BCUT2D eigenvalue weighted by Crippen LogP contribution is 2.34. The Morgan fingerprint density at radius 3 is 2.15 bits per heavy atom. The zero-order valence-corrected chi connectivity index (χ0v) is 34.5. The Hall–Kier alpha value is -3.78. The molecule has 5 atom stereocenters. The van der Waals surface area contributed by atoms with Gasteiger partial charge in [-0.1, -0.05) is 99.4 Å². The Labute approximate surface area is 317 Å². The molecule has 14 heteroatoms. The van der Waals surface area contributed by atoms with Crippen LogP contribution in [0.4, 0.5) is 4.79 Å². The molecule has 0 aliphatic carbocycles. The van der Waals surface area contributed by atoms with Crippen LogP contribution in [-0.2, 0) is 29.2 Å². The zero-order chi connectivity index (χ0) is 40.5. The lowest BCUT2D eigenvalue weighted by Crippen LogP contribution is -2.62. The van der Waals surface area contributed by atoms with Gasteiger partial charge in [-0.25, -0.2) is 13.2 Å². The monoisotopic (exact) mass is 760 g/mol. The number of nitrogens with zero attached hydrogens (tertiary/aromatic N) is 2. The molecule has 1 fully saturated rings. The van der Waals surface area contributed by atoms with E-state index in [1.165, 1.54) is 22.3 Å². The number of hydrogen-bond acceptors (Lipinski definition) is 7. The number of benzene rings is 1. The standard InChI is InChI=1S/C39H64N6O7S/c1-13-15-19-28(32(46)35(48)40-22-14-2)41-34(47)31-27(25(3)4)21-23-45(31)36(49)33(39(9,10)11)43-37(50)42-30(38(6,7)8)24-44(12)53(51,52)29-20-17-16-18-26(29)5/h14,16-18,20,25,27-28,30-31,33H,2,13,15,19,21-24H2,1,3-12H3,(H,40,48)(H,41,47)(H2,42,43,50)/t27-,28?,30-,31+,33-/m1/s1. The first-order valence-electron chi connectivity index (χ1n) is 18.6. The van der Waals surface area contributed by atoms with Gasteiger partial charge in [0.25, 0.3) is 5.91 Å². The summed E-state index contributed by atoms with van der Waals surface area (Å²) in [5.74, 6) is -2.79. The highest BCUT2D eigenvalue weighted by molar-refractivity contribution is 7.89. The number of Topliss-reactive ketones (excluding diaryl/α,β-unsaturated/α-hetero) is 1. The van der Waals surface area contributed by atoms with Gasteiger partial charge in [0.2, 0.25) is 27.6 Å². The number of ketones is 1. The molecule has 0 aromatic heterocycles. The maximum atomic E-state index is 14.5. The van der Waals surface area contributed by atoms with Crippen molar-refractivity contribution in [2.24, 2.45) is 22.7 Å². The molecule has 1 saturated heterocycles. The summed E-state index contributed by atoms with van der Waals surface area (Å²) in [6.07, 6.45) is 3.59. The van der Waals surface area contributed by atoms with Gasteiger partial charge in [0.15, 0.2) is 0 Å². The van der Waals surface area contributed by atoms with Crippen LogP contribution in [0.2, 0.25) is 0 Å². The Bertz CT molecular complexity index is 1580. The van der Waals surface area contributed by atoms with Gasteiger partial charge in [-0.3, -0.25) is 19.2 Å². The van der Waals surface area contributed by atoms with Gasteiger partial charge in [0, 0.05) is 32.7 Å². The molecule has 298 valence electrons. The van der Waals surface area contributed by atoms with Gasteiger partial charge in [-0.2, -0.15) is 4.31 Å². The molecule has 4 N–H and O–H groups in total. The van der Waals surface area contributed by atoms with E-state index in [2.05, 4.69) is 27.8 Å². The van der Waals surface area contributed by atoms with E-state index in [-0.39, 0.29) is 42.8 Å². The fourth-order valence-electron chi connectivity index (χ4n) is 6.49. The number of carbonyl (C=O) groups is 5. The molecule has 0 spiro atoms. The molecular weight excluding hydrogens is 697 g/mol. The van der Waals surface area contributed by atoms with Crippen LogP contribution >= 0.6 is 0 Å². The smallest absolute Gasteiger partial charge is 0.315 e. The maximum Gasteiger partial charge on any atom is 0.315 e. The van der Waals surface area contributed by atoms with E-state index in [0.717, 1.165) is 6.42 Å². The van der Waals surface area contributed by atoms with Gasteiger partial charge < -0.3 is 26.2 Å². The van der Waals surface area contributed by atoms with Crippen LogP contribution in [0, 0.1) is 29.6 Å². The lowest BCUT2D eigenvalue weighted by molar-refractivity contribution is -0.144. The van der Waals surface area contributed by atoms with E-state index in [1.807, 2.05) is 62.3 Å². The second-order valence-electron chi connectivity index (χ2n) is 16.6. The Balaban J connectivity index is 2.37. The molecule has 1 aliphatic heterocycles. The van der Waals surface area contributed by atoms with Crippen molar-refractivity contribution < 1.29 is 32.4 Å². The van der Waals surface area contributed by atoms with E-state index >= 15 is 0 Å². The minimum atomic E-state index is -3.87. The van der Waals surface area contributed by atoms with Gasteiger partial charge >= 0.3 is 6.03 Å². The largest absolute Gasteiger partial charge is 0.346 e. The third kappa shape index (κ3) is 12.1. The SMILES string of the molecule is C=CCNC(=O)C(=O)C(CCCC)NC(=O)[C@@H]1[C@@H](C(C)C)CCN1C(=O)[C@@H](NC(=O)N[C@H](CN(C)S(=O)(=O)c1ccccc1C)C(C)(C)C)C(C)(C)C. The van der Waals surface area contributed by atoms with Crippen molar-refractivity contribution in [2.45, 2.75) is 124 Å². The van der Waals surface area contributed by atoms with E-state index in [1.54, 1.807) is 31.2 Å². The van der Waals surface area contributed by atoms with E-state index < -0.39 is 74.6 Å². The van der Waals surface area contributed by atoms with E-state index in [4.69, 9.17) is 0 Å². The average Bonchev–Trinajstić information content (AvgIpc) is 3.52. The number of amides is 5. The molecule has 5 amide bonds. The number of hydrogen-bond donors (Lipinski definition) is 4. The van der Waals surface area contributed by atoms with E-state index in [9.17, 15) is 32.4 Å². The predicted molar refractivity (Wildman–Crippen MR) is 207 cm³/mol. The number of carbonyl (C=O) groups excluding carboxylic acids is 5. The minimum absolute atomic E-state index is 0.00839. The van der Waals surface area contributed by atoms with Crippen molar-refractivity contribution in [1.82, 2.24) is 30.5 Å². The van der Waals surface area contributed by atoms with Crippen LogP contribution in [0.1, 0.15) is 93.6 Å². The molecule has 1 aromatic carbocycles. The highest BCUT2D eigenvalue weighted by Gasteiger charge is 2.48. The number of sulfonamides is 1. The van der Waals surface area contributed by atoms with Crippen molar-refractivity contribution in [3.8, 4) is 0 Å². The summed E-state index contributed by atoms with van der Waals surface area (Å²) in [5.41, 5.74) is -0.767. The summed E-state index contributed by atoms with van der Waals surface area (Å²) in [4.78, 5) is 69.7. The first-order chi connectivity index (χ1) is 24.5. The second-order valence-corrected chi connectivity index (χ2v) is 18.6. The lowest BCUT2D eigenvalue weighted by Gasteiger charge is -2.38. The molecular formula is C39H64N6O7S. The quantitative estimate of drug-likeness (QED) is 0.136. The molecule has 2 rings (SSSR count). The number of unbranched alkanes of at least 4 members (excludes halogenated alkanes) is 1. The van der Waals surface area contributed by atoms with Crippen LogP contribution < -0.4 is 21.3 Å². The number of likely N-dealkylation sites (tertiary alicyclic amines) is 1. The van der Waals surface area contributed by atoms with Crippen LogP contribution in [0.25, 0.3) is 0 Å². The van der Waals surface area contributed by atoms with E-state index in [0.29, 0.717) is 18.4 Å². The van der Waals surface area contributed by atoms with Crippen LogP contribution in [0.3, 0.4) is 0 Å². The van der Waals surface area contributed by atoms with Crippen molar-refractivity contribution in [1.29, 1.82) is 0 Å². The van der Waals surface area contributed by atoms with Gasteiger partial charge in [-0.15, -0.1) is 6.58 Å². The van der Waals surface area contributed by atoms with Crippen molar-refractivity contribution in [3.05, 3.63) is 42.5 Å². The second kappa shape index (κ2) is 19.0. The molecule has 1 aromatic rings. The fourth-order valence-corrected chi connectivity index (χ4v) is 7.90. The zero-order valence-electron chi connectivity index (χ0n) is 33.7. The van der Waals surface area contributed by atoms with Crippen molar-refractivity contribution >= 4 is 39.6 Å². The molecule has 0 saturated carbocycles. The third-order valence-electron chi connectivity index (χ3n) is 9.92. The first kappa shape index (κ1) is 45.4. The number of aryl methyl sites for hydroxylation is 1. The van der Waals surface area contributed by atoms with Crippen LogP contribution in [0.5, 0.6) is 0 Å². The average molecular weight is 761 g/mol. The van der Waals surface area contributed by atoms with Gasteiger partial charge in [0.1, 0.15) is 12.1 Å². The Morgan fingerprint density at radius 2 is 1.62 bits per heavy atom. The summed E-state index contributed by atoms with van der Waals surface area (Å²) in [5, 5.41) is 11.1. The molecule has 1 heterocycles. The fraction of sp³-hybridized carbons (Fsp3) is 0.667. The van der Waals surface area contributed by atoms with Crippen molar-refractivity contribution in [2.75, 3.05) is 26.7 Å². The maximum absolute atomic E-state index is 14.5. The van der Waals surface area contributed by atoms with Gasteiger partial charge in [-0.05, 0) is 54.1 Å². The molecule has 0 bridgehead atoms. The lowest BCUT2D eigenvalue weighted by atomic mass is 9.84. The Kier molecular flexibility index (Phi) is 16.3. The molecule has 1 unspecified atom stereocenters. The minimum Gasteiger partial charge on any atom is -0.346 e. The van der Waals surface area contributed by atoms with Crippen LogP contribution in [0.15, 0.2) is 41.8 Å². The molecule has 0 radical (unpaired) electrons. The summed E-state index contributed by atoms with van der Waals surface area (Å²) in [6.45, 7) is 22.6. The number of nitrogens with one attached hydrogen (secondary N) is 4. The third-order valence-corrected chi connectivity index (χ3v) is 11.9. The highest BCUT2D eigenvalue weighted by atomic mass is 32.2. The summed E-state index contributed by atoms with van der Waals surface area (Å²) in [6, 6.07) is 2.32. The number of rotatable bonds is 17. The summed E-state index contributed by atoms with van der Waals surface area (Å²) >= 11 is 0. The number of likely N-dealkylation sites (N-methyl/N-ethyl adjacent to an activating group) is 1. The van der Waals surface area contributed by atoms with Gasteiger partial charge in [0.05, 0.1) is 10.9 Å². The molecule has 13 nitrogen and oxygen atoms in total. The Morgan fingerprint density at radius 1 is 1.00 bits per heavy atom. The summed E-state index contributed by atoms with van der Waals surface area (Å²) < 4.78 is 28.2. The van der Waals surface area contributed by atoms with Crippen LogP contribution in [-0.4, -0.2) is 98.0 Å². The van der Waals surface area contributed by atoms with Crippen molar-refractivity contribution in [3.63, 3.8) is 0 Å². The topological polar surface area (TPSA) is 174 Å². The first-order valence-corrected chi connectivity index (χ1v) is 20.1. The number of urea groups is 1. The molecule has 1 aliphatic rings.